The van der Waals surface area contributed by atoms with Gasteiger partial charge in [0.05, 0.1) is 0 Å². The van der Waals surface area contributed by atoms with Crippen molar-refractivity contribution in [2.75, 3.05) is 11.9 Å². The summed E-state index contributed by atoms with van der Waals surface area (Å²) >= 11 is 0. The van der Waals surface area contributed by atoms with E-state index < -0.39 is 0 Å². The van der Waals surface area contributed by atoms with Crippen molar-refractivity contribution >= 4 is 17.0 Å². The van der Waals surface area contributed by atoms with Crippen molar-refractivity contribution in [3.63, 3.8) is 0 Å². The predicted octanol–water partition coefficient (Wildman–Crippen LogP) is 2.38. The lowest BCUT2D eigenvalue weighted by Crippen LogP contribution is -2.30. The molecule has 5 nitrogen and oxygen atoms in total. The number of hydrogen-bond donors (Lipinski definition) is 2. The molecule has 0 aliphatic heterocycles. The van der Waals surface area contributed by atoms with Crippen LogP contribution < -0.4 is 5.32 Å². The number of aliphatic hydroxyl groups is 1. The second kappa shape index (κ2) is 6.13. The third-order valence-corrected chi connectivity index (χ3v) is 4.06. The maximum atomic E-state index is 9.55. The Morgan fingerprint density at radius 1 is 1.10 bits per heavy atom. The standard InChI is InChI=1S/C15H20N4O/c20-10-11-4-2-1-3-5-12(11)18-14-7-6-13-15(19-14)17-9-8-16-13/h6-9,11-12,20H,1-5,10H2,(H,17,18,19)/t11-,12+/m0/s1. The minimum absolute atomic E-state index is 0.241. The number of fused-ring (bicyclic) bond motifs is 1. The van der Waals surface area contributed by atoms with Crippen molar-refractivity contribution in [1.82, 2.24) is 15.0 Å². The lowest BCUT2D eigenvalue weighted by molar-refractivity contribution is 0.203. The molecule has 2 aromatic rings. The van der Waals surface area contributed by atoms with Crippen LogP contribution in [0.1, 0.15) is 32.1 Å². The number of nitrogens with zero attached hydrogens (tertiary/aromatic N) is 3. The molecule has 0 aromatic carbocycles. The van der Waals surface area contributed by atoms with Crippen LogP contribution in [0.5, 0.6) is 0 Å². The van der Waals surface area contributed by atoms with Crippen molar-refractivity contribution in [2.24, 2.45) is 5.92 Å². The summed E-state index contributed by atoms with van der Waals surface area (Å²) in [6, 6.07) is 4.17. The molecule has 0 bridgehead atoms. The quantitative estimate of drug-likeness (QED) is 0.839. The SMILES string of the molecule is OC[C@@H]1CCCCC[C@H]1Nc1ccc2nccnc2n1. The van der Waals surface area contributed by atoms with Crippen molar-refractivity contribution in [1.29, 1.82) is 0 Å². The third-order valence-electron chi connectivity index (χ3n) is 4.06. The second-order valence-electron chi connectivity index (χ2n) is 5.43. The summed E-state index contributed by atoms with van der Waals surface area (Å²) in [4.78, 5) is 13.0. The Labute approximate surface area is 118 Å². The highest BCUT2D eigenvalue weighted by Crippen LogP contribution is 2.25. The first-order chi connectivity index (χ1) is 9.86. The topological polar surface area (TPSA) is 70.9 Å². The number of anilines is 1. The van der Waals surface area contributed by atoms with Crippen LogP contribution in [0.2, 0.25) is 0 Å². The number of pyridine rings is 1. The Morgan fingerprint density at radius 3 is 2.85 bits per heavy atom. The van der Waals surface area contributed by atoms with Gasteiger partial charge >= 0.3 is 0 Å². The summed E-state index contributed by atoms with van der Waals surface area (Å²) in [5, 5.41) is 13.0. The first-order valence-electron chi connectivity index (χ1n) is 7.32. The van der Waals surface area contributed by atoms with Gasteiger partial charge in [-0.05, 0) is 25.0 Å². The van der Waals surface area contributed by atoms with E-state index in [2.05, 4.69) is 20.3 Å². The average Bonchev–Trinajstić information content (AvgIpc) is 2.72. The normalized spacial score (nSPS) is 23.4. The molecule has 2 aromatic heterocycles. The van der Waals surface area contributed by atoms with Crippen molar-refractivity contribution in [3.05, 3.63) is 24.5 Å². The highest BCUT2D eigenvalue weighted by atomic mass is 16.3. The number of nitrogens with one attached hydrogen (secondary N) is 1. The van der Waals surface area contributed by atoms with E-state index in [0.717, 1.165) is 24.2 Å². The first-order valence-corrected chi connectivity index (χ1v) is 7.32. The maximum absolute atomic E-state index is 9.55. The van der Waals surface area contributed by atoms with Crippen LogP contribution in [0, 0.1) is 5.92 Å². The largest absolute Gasteiger partial charge is 0.396 e. The van der Waals surface area contributed by atoms with E-state index in [-0.39, 0.29) is 6.61 Å². The molecule has 0 saturated heterocycles. The fraction of sp³-hybridized carbons (Fsp3) is 0.533. The maximum Gasteiger partial charge on any atom is 0.180 e. The Morgan fingerprint density at radius 2 is 1.95 bits per heavy atom. The summed E-state index contributed by atoms with van der Waals surface area (Å²) in [7, 11) is 0. The minimum Gasteiger partial charge on any atom is -0.396 e. The van der Waals surface area contributed by atoms with E-state index in [0.29, 0.717) is 17.6 Å². The summed E-state index contributed by atoms with van der Waals surface area (Å²) < 4.78 is 0. The molecule has 106 valence electrons. The monoisotopic (exact) mass is 272 g/mol. The summed E-state index contributed by atoms with van der Waals surface area (Å²) in [5.74, 6) is 1.14. The smallest absolute Gasteiger partial charge is 0.180 e. The Hall–Kier alpha value is -1.75. The van der Waals surface area contributed by atoms with Crippen molar-refractivity contribution in [2.45, 2.75) is 38.1 Å². The molecule has 1 aliphatic rings. The predicted molar refractivity (Wildman–Crippen MR) is 78.4 cm³/mol. The molecule has 2 atom stereocenters. The zero-order valence-corrected chi connectivity index (χ0v) is 11.5. The highest BCUT2D eigenvalue weighted by Gasteiger charge is 2.23. The van der Waals surface area contributed by atoms with Gasteiger partial charge in [0.2, 0.25) is 0 Å². The number of rotatable bonds is 3. The molecule has 5 heteroatoms. The lowest BCUT2D eigenvalue weighted by Gasteiger charge is -2.25. The fourth-order valence-electron chi connectivity index (χ4n) is 2.92. The zero-order valence-electron chi connectivity index (χ0n) is 11.5. The van der Waals surface area contributed by atoms with Crippen LogP contribution >= 0.6 is 0 Å². The molecule has 0 amide bonds. The van der Waals surface area contributed by atoms with Gasteiger partial charge in [-0.2, -0.15) is 0 Å². The third kappa shape index (κ3) is 2.88. The molecule has 2 N–H and O–H groups in total. The molecular weight excluding hydrogens is 252 g/mol. The van der Waals surface area contributed by atoms with E-state index >= 15 is 0 Å². The number of aliphatic hydroxyl groups excluding tert-OH is 1. The highest BCUT2D eigenvalue weighted by molar-refractivity contribution is 5.71. The molecular formula is C15H20N4O. The fourth-order valence-corrected chi connectivity index (χ4v) is 2.92. The van der Waals surface area contributed by atoms with Crippen LogP contribution in [0.25, 0.3) is 11.2 Å². The van der Waals surface area contributed by atoms with E-state index in [1.165, 1.54) is 19.3 Å². The molecule has 0 unspecified atom stereocenters. The van der Waals surface area contributed by atoms with Gasteiger partial charge in [0.1, 0.15) is 11.3 Å². The van der Waals surface area contributed by atoms with Crippen LogP contribution in [0.4, 0.5) is 5.82 Å². The van der Waals surface area contributed by atoms with Gasteiger partial charge in [0.15, 0.2) is 5.65 Å². The van der Waals surface area contributed by atoms with Gasteiger partial charge in [-0.1, -0.05) is 19.3 Å². The minimum atomic E-state index is 0.241. The molecule has 0 spiro atoms. The Kier molecular flexibility index (Phi) is 4.06. The van der Waals surface area contributed by atoms with E-state index in [1.807, 2.05) is 12.1 Å². The van der Waals surface area contributed by atoms with E-state index in [9.17, 15) is 5.11 Å². The summed E-state index contributed by atoms with van der Waals surface area (Å²) in [6.45, 7) is 0.241. The van der Waals surface area contributed by atoms with Crippen molar-refractivity contribution < 1.29 is 5.11 Å². The van der Waals surface area contributed by atoms with Crippen LogP contribution in [-0.4, -0.2) is 32.7 Å². The number of hydrogen-bond acceptors (Lipinski definition) is 5. The Balaban J connectivity index is 1.80. The molecule has 3 rings (SSSR count). The summed E-state index contributed by atoms with van der Waals surface area (Å²) in [6.07, 6.45) is 9.17. The zero-order chi connectivity index (χ0) is 13.8. The van der Waals surface area contributed by atoms with Crippen LogP contribution in [0.3, 0.4) is 0 Å². The molecule has 1 fully saturated rings. The molecule has 0 radical (unpaired) electrons. The van der Waals surface area contributed by atoms with Gasteiger partial charge in [-0.25, -0.2) is 9.97 Å². The molecule has 20 heavy (non-hydrogen) atoms. The lowest BCUT2D eigenvalue weighted by atomic mass is 9.95. The van der Waals surface area contributed by atoms with Crippen molar-refractivity contribution in [3.8, 4) is 0 Å². The molecule has 2 heterocycles. The van der Waals surface area contributed by atoms with E-state index in [1.54, 1.807) is 12.4 Å². The van der Waals surface area contributed by atoms with Gasteiger partial charge in [0, 0.05) is 31.0 Å². The number of aromatic nitrogens is 3. The molecule has 1 saturated carbocycles. The average molecular weight is 272 g/mol. The van der Waals surface area contributed by atoms with Crippen LogP contribution in [0.15, 0.2) is 24.5 Å². The van der Waals surface area contributed by atoms with Crippen LogP contribution in [-0.2, 0) is 0 Å². The van der Waals surface area contributed by atoms with Gasteiger partial charge in [-0.15, -0.1) is 0 Å². The van der Waals surface area contributed by atoms with Gasteiger partial charge < -0.3 is 10.4 Å². The van der Waals surface area contributed by atoms with E-state index in [4.69, 9.17) is 0 Å². The Bertz CT molecular complexity index is 575. The van der Waals surface area contributed by atoms with Gasteiger partial charge in [-0.3, -0.25) is 4.98 Å². The van der Waals surface area contributed by atoms with Gasteiger partial charge in [0.25, 0.3) is 0 Å². The molecule has 1 aliphatic carbocycles. The second-order valence-corrected chi connectivity index (χ2v) is 5.43. The summed E-state index contributed by atoms with van der Waals surface area (Å²) in [5.41, 5.74) is 1.46. The first kappa shape index (κ1) is 13.2.